The number of aromatic nitrogens is 2. The van der Waals surface area contributed by atoms with E-state index in [2.05, 4.69) is 28.9 Å². The summed E-state index contributed by atoms with van der Waals surface area (Å²) in [4.78, 5) is 29.7. The van der Waals surface area contributed by atoms with Gasteiger partial charge in [-0.15, -0.1) is 11.3 Å². The maximum Gasteiger partial charge on any atom is 0.357 e. The molecule has 0 aliphatic heterocycles. The van der Waals surface area contributed by atoms with Crippen molar-refractivity contribution in [3.8, 4) is 28.4 Å². The highest BCUT2D eigenvalue weighted by molar-refractivity contribution is 8.07. The van der Waals surface area contributed by atoms with Crippen LogP contribution in [-0.4, -0.2) is 83.8 Å². The maximum atomic E-state index is 12.6. The summed E-state index contributed by atoms with van der Waals surface area (Å²) in [5, 5.41) is 26.7. The van der Waals surface area contributed by atoms with E-state index in [9.17, 15) is 18.0 Å². The van der Waals surface area contributed by atoms with Crippen LogP contribution in [0, 0.1) is 5.92 Å². The number of ether oxygens (including phenoxy) is 1. The first-order chi connectivity index (χ1) is 22.8. The van der Waals surface area contributed by atoms with Crippen molar-refractivity contribution in [1.82, 2.24) is 14.9 Å². The topological polar surface area (TPSA) is 206 Å². The largest absolute Gasteiger partial charge is 0.479 e. The van der Waals surface area contributed by atoms with E-state index in [1.165, 1.54) is 18.4 Å². The van der Waals surface area contributed by atoms with Gasteiger partial charge in [0, 0.05) is 29.1 Å². The van der Waals surface area contributed by atoms with Crippen LogP contribution >= 0.6 is 11.3 Å². The minimum absolute atomic E-state index is 0.206. The standard InChI is InChI=1S/C29H32N4O5S2.C4H11NO3/c1-5-30-29(35)40(36,37)32-28-24(16-23(39-28)15-19(2)3)21-13-11-20(12-14-21)17-33-25(18-34)27(38-4)31-26(33)22-9-7-6-8-10-22;5-4(1-6,2-7)3-8/h6-14,16,18-19,32H,5,15,17H2,1-4H3,(H,30,35);6-8H,1-3,5H2. The molecule has 0 bridgehead atoms. The number of thiophene rings is 1. The summed E-state index contributed by atoms with van der Waals surface area (Å²) in [6, 6.07) is 19.2. The van der Waals surface area contributed by atoms with Crippen LogP contribution in [0.2, 0.25) is 0 Å². The van der Waals surface area contributed by atoms with Crippen LogP contribution in [0.3, 0.4) is 0 Å². The van der Waals surface area contributed by atoms with Gasteiger partial charge in [0.1, 0.15) is 16.5 Å². The van der Waals surface area contributed by atoms with Gasteiger partial charge in [-0.05, 0) is 36.5 Å². The molecule has 48 heavy (non-hydrogen) atoms. The number of imidazole rings is 1. The number of hydrogen-bond donors (Lipinski definition) is 6. The number of anilines is 1. The number of benzene rings is 2. The molecule has 0 saturated carbocycles. The highest BCUT2D eigenvalue weighted by Crippen LogP contribution is 2.38. The predicted octanol–water partition coefficient (Wildman–Crippen LogP) is 3.48. The van der Waals surface area contributed by atoms with Crippen molar-refractivity contribution in [1.29, 1.82) is 0 Å². The lowest BCUT2D eigenvalue weighted by Crippen LogP contribution is -2.50. The number of rotatable bonds is 14. The minimum Gasteiger partial charge on any atom is -0.479 e. The zero-order valence-corrected chi connectivity index (χ0v) is 29.0. The maximum absolute atomic E-state index is 12.6. The molecule has 0 fully saturated rings. The predicted molar refractivity (Wildman–Crippen MR) is 187 cm³/mol. The van der Waals surface area contributed by atoms with Crippen molar-refractivity contribution < 1.29 is 38.1 Å². The Kier molecular flexibility index (Phi) is 13.8. The molecule has 2 aromatic heterocycles. The molecule has 1 amide bonds. The summed E-state index contributed by atoms with van der Waals surface area (Å²) in [7, 11) is -2.77. The first-order valence-electron chi connectivity index (χ1n) is 15.1. The van der Waals surface area contributed by atoms with Gasteiger partial charge in [-0.1, -0.05) is 68.4 Å². The van der Waals surface area contributed by atoms with Gasteiger partial charge in [0.05, 0.1) is 32.5 Å². The molecular weight excluding hydrogens is 659 g/mol. The SMILES string of the molecule is CCNC(=O)S(=O)(=O)Nc1sc(CC(C)C)cc1-c1ccc(Cn2c(-c3ccccc3)nc(OC)c2C=O)cc1.NC(CO)(CO)CO. The van der Waals surface area contributed by atoms with Gasteiger partial charge in [-0.3, -0.25) is 14.3 Å². The number of sulfonamides is 1. The van der Waals surface area contributed by atoms with Gasteiger partial charge in [-0.25, -0.2) is 0 Å². The van der Waals surface area contributed by atoms with E-state index in [-0.39, 0.29) is 12.4 Å². The van der Waals surface area contributed by atoms with E-state index >= 15 is 0 Å². The van der Waals surface area contributed by atoms with Crippen LogP contribution in [0.1, 0.15) is 41.7 Å². The van der Waals surface area contributed by atoms with Crippen LogP contribution in [0.4, 0.5) is 9.80 Å². The number of amides is 1. The molecule has 7 N–H and O–H groups in total. The Morgan fingerprint density at radius 2 is 1.69 bits per heavy atom. The molecule has 0 atom stereocenters. The number of hydrogen-bond acceptors (Lipinski definition) is 11. The number of aliphatic hydroxyl groups is 3. The number of nitrogens with two attached hydrogens (primary N) is 1. The first kappa shape index (κ1) is 38.3. The van der Waals surface area contributed by atoms with E-state index in [4.69, 9.17) is 25.8 Å². The monoisotopic (exact) mass is 701 g/mol. The molecule has 13 nitrogen and oxygen atoms in total. The van der Waals surface area contributed by atoms with Crippen molar-refractivity contribution in [3.05, 3.63) is 76.8 Å². The van der Waals surface area contributed by atoms with Crippen LogP contribution in [0.25, 0.3) is 22.5 Å². The molecule has 0 saturated heterocycles. The molecule has 0 aliphatic rings. The van der Waals surface area contributed by atoms with Crippen LogP contribution in [-0.2, 0) is 23.0 Å². The van der Waals surface area contributed by atoms with Crippen molar-refractivity contribution in [2.75, 3.05) is 38.2 Å². The molecule has 0 spiro atoms. The Labute approximate surface area is 284 Å². The van der Waals surface area contributed by atoms with E-state index in [0.717, 1.165) is 34.3 Å². The highest BCUT2D eigenvalue weighted by atomic mass is 32.2. The van der Waals surface area contributed by atoms with Crippen molar-refractivity contribution in [3.63, 3.8) is 0 Å². The molecular formula is C33H43N5O8S2. The third-order valence-corrected chi connectivity index (χ3v) is 9.35. The van der Waals surface area contributed by atoms with Crippen molar-refractivity contribution in [2.45, 2.75) is 39.3 Å². The zero-order chi connectivity index (χ0) is 35.5. The van der Waals surface area contributed by atoms with Gasteiger partial charge < -0.3 is 35.7 Å². The number of nitrogens with zero attached hydrogens (tertiary/aromatic N) is 2. The molecule has 0 aliphatic carbocycles. The molecule has 0 radical (unpaired) electrons. The lowest BCUT2D eigenvalue weighted by atomic mass is 10.0. The minimum atomic E-state index is -4.25. The van der Waals surface area contributed by atoms with Crippen LogP contribution in [0.5, 0.6) is 5.88 Å². The van der Waals surface area contributed by atoms with E-state index in [1.807, 2.05) is 65.2 Å². The Balaban J connectivity index is 0.000000694. The fourth-order valence-electron chi connectivity index (χ4n) is 4.44. The fourth-order valence-corrected chi connectivity index (χ4v) is 6.86. The normalized spacial score (nSPS) is 11.5. The third-order valence-electron chi connectivity index (χ3n) is 7.05. The summed E-state index contributed by atoms with van der Waals surface area (Å²) >= 11 is 1.33. The fraction of sp³-hybridized carbons (Fsp3) is 0.364. The van der Waals surface area contributed by atoms with E-state index < -0.39 is 40.6 Å². The summed E-state index contributed by atoms with van der Waals surface area (Å²) in [5.41, 5.74) is 7.53. The van der Waals surface area contributed by atoms with Gasteiger partial charge in [0.15, 0.2) is 6.29 Å². The number of aliphatic hydroxyl groups excluding tert-OH is 3. The third kappa shape index (κ3) is 9.71. The average Bonchev–Trinajstić information content (AvgIpc) is 3.64. The van der Waals surface area contributed by atoms with E-state index in [0.29, 0.717) is 34.5 Å². The number of methoxy groups -OCH3 is 1. The molecule has 4 rings (SSSR count). The number of carbonyl (C=O) groups is 2. The lowest BCUT2D eigenvalue weighted by Gasteiger charge is -2.20. The molecule has 0 unspecified atom stereocenters. The number of nitrogens with one attached hydrogen (secondary N) is 2. The Hall–Kier alpha value is -4.12. The van der Waals surface area contributed by atoms with Gasteiger partial charge >= 0.3 is 15.3 Å². The second-order valence-electron chi connectivity index (χ2n) is 11.4. The Morgan fingerprint density at radius 1 is 1.06 bits per heavy atom. The second-order valence-corrected chi connectivity index (χ2v) is 14.1. The van der Waals surface area contributed by atoms with Crippen molar-refractivity contribution >= 4 is 37.9 Å². The van der Waals surface area contributed by atoms with Crippen LogP contribution in [0.15, 0.2) is 60.7 Å². The smallest absolute Gasteiger partial charge is 0.357 e. The van der Waals surface area contributed by atoms with Crippen molar-refractivity contribution in [2.24, 2.45) is 11.7 Å². The van der Waals surface area contributed by atoms with E-state index in [1.54, 1.807) is 6.92 Å². The molecule has 15 heteroatoms. The molecule has 2 heterocycles. The summed E-state index contributed by atoms with van der Waals surface area (Å²) in [5.74, 6) is 1.24. The molecule has 4 aromatic rings. The second kappa shape index (κ2) is 17.3. The highest BCUT2D eigenvalue weighted by Gasteiger charge is 2.25. The first-order valence-corrected chi connectivity index (χ1v) is 17.4. The number of carbonyl (C=O) groups excluding carboxylic acids is 2. The lowest BCUT2D eigenvalue weighted by molar-refractivity contribution is 0.0697. The van der Waals surface area contributed by atoms with Crippen LogP contribution < -0.4 is 20.5 Å². The molecule has 260 valence electrons. The van der Waals surface area contributed by atoms with Gasteiger partial charge in [-0.2, -0.15) is 13.4 Å². The quantitative estimate of drug-likeness (QED) is 0.106. The molecule has 2 aromatic carbocycles. The summed E-state index contributed by atoms with van der Waals surface area (Å²) in [6.07, 6.45) is 1.51. The average molecular weight is 702 g/mol. The Bertz CT molecular complexity index is 1740. The van der Waals surface area contributed by atoms with Gasteiger partial charge in [0.25, 0.3) is 0 Å². The summed E-state index contributed by atoms with van der Waals surface area (Å²) in [6.45, 7) is 5.21. The Morgan fingerprint density at radius 3 is 2.19 bits per heavy atom. The number of aldehydes is 1. The zero-order valence-electron chi connectivity index (χ0n) is 27.3. The van der Waals surface area contributed by atoms with Gasteiger partial charge in [0.2, 0.25) is 5.88 Å². The summed E-state index contributed by atoms with van der Waals surface area (Å²) < 4.78 is 34.9.